The van der Waals surface area contributed by atoms with Gasteiger partial charge in [0.25, 0.3) is 10.0 Å². The Balaban J connectivity index is 2.40. The van der Waals surface area contributed by atoms with E-state index < -0.39 is 15.8 Å². The Hall–Kier alpha value is -2.08. The zero-order valence-electron chi connectivity index (χ0n) is 11.1. The van der Waals surface area contributed by atoms with Crippen LogP contribution in [0.5, 0.6) is 5.75 Å². The molecule has 0 aliphatic rings. The van der Waals surface area contributed by atoms with Crippen molar-refractivity contribution in [1.29, 1.82) is 0 Å². The summed E-state index contributed by atoms with van der Waals surface area (Å²) >= 11 is 0. The number of sulfonamides is 1. The molecule has 4 nitrogen and oxygen atoms in total. The van der Waals surface area contributed by atoms with Crippen LogP contribution in [0, 0.1) is 12.7 Å². The average molecular weight is 295 g/mol. The lowest BCUT2D eigenvalue weighted by molar-refractivity contribution is 0.416. The molecule has 106 valence electrons. The van der Waals surface area contributed by atoms with Gasteiger partial charge in [0.05, 0.1) is 17.7 Å². The molecule has 0 aromatic heterocycles. The predicted octanol–water partition coefficient (Wildman–Crippen LogP) is 2.94. The van der Waals surface area contributed by atoms with E-state index in [0.717, 1.165) is 11.6 Å². The van der Waals surface area contributed by atoms with E-state index in [1.54, 1.807) is 19.1 Å². The molecule has 20 heavy (non-hydrogen) atoms. The fourth-order valence-corrected chi connectivity index (χ4v) is 2.91. The van der Waals surface area contributed by atoms with Crippen LogP contribution in [0.4, 0.5) is 10.1 Å². The second kappa shape index (κ2) is 5.50. The predicted molar refractivity (Wildman–Crippen MR) is 74.9 cm³/mol. The Morgan fingerprint density at radius 3 is 2.55 bits per heavy atom. The van der Waals surface area contributed by atoms with E-state index in [1.807, 2.05) is 0 Å². The lowest BCUT2D eigenvalue weighted by Crippen LogP contribution is -2.14. The van der Waals surface area contributed by atoms with Gasteiger partial charge >= 0.3 is 0 Å². The first-order valence-corrected chi connectivity index (χ1v) is 7.34. The molecule has 2 aromatic carbocycles. The van der Waals surface area contributed by atoms with Gasteiger partial charge in [-0.1, -0.05) is 12.1 Å². The van der Waals surface area contributed by atoms with Crippen molar-refractivity contribution in [2.75, 3.05) is 11.8 Å². The fraction of sp³-hybridized carbons (Fsp3) is 0.143. The van der Waals surface area contributed by atoms with Crippen molar-refractivity contribution >= 4 is 15.7 Å². The van der Waals surface area contributed by atoms with E-state index in [9.17, 15) is 12.8 Å². The minimum absolute atomic E-state index is 0.0639. The highest BCUT2D eigenvalue weighted by Gasteiger charge is 2.17. The zero-order valence-corrected chi connectivity index (χ0v) is 11.9. The molecule has 0 saturated carbocycles. The highest BCUT2D eigenvalue weighted by Crippen LogP contribution is 2.27. The molecule has 0 bridgehead atoms. The Bertz CT molecular complexity index is 729. The van der Waals surface area contributed by atoms with E-state index in [4.69, 9.17) is 4.74 Å². The van der Waals surface area contributed by atoms with Crippen LogP contribution in [-0.2, 0) is 10.0 Å². The SMILES string of the molecule is COc1ccc(F)cc1NS(=O)(=O)c1cccc(C)c1. The van der Waals surface area contributed by atoms with Gasteiger partial charge in [-0.3, -0.25) is 4.72 Å². The Labute approximate surface area is 117 Å². The highest BCUT2D eigenvalue weighted by molar-refractivity contribution is 7.92. The Morgan fingerprint density at radius 2 is 1.90 bits per heavy atom. The summed E-state index contributed by atoms with van der Waals surface area (Å²) in [5.74, 6) is -0.296. The number of anilines is 1. The van der Waals surface area contributed by atoms with Crippen molar-refractivity contribution in [3.05, 3.63) is 53.8 Å². The van der Waals surface area contributed by atoms with Gasteiger partial charge in [0.2, 0.25) is 0 Å². The van der Waals surface area contributed by atoms with Crippen LogP contribution in [0.1, 0.15) is 5.56 Å². The van der Waals surface area contributed by atoms with Crippen molar-refractivity contribution in [2.45, 2.75) is 11.8 Å². The number of halogens is 1. The third-order valence-electron chi connectivity index (χ3n) is 2.71. The van der Waals surface area contributed by atoms with Gasteiger partial charge in [-0.15, -0.1) is 0 Å². The van der Waals surface area contributed by atoms with E-state index >= 15 is 0 Å². The molecular weight excluding hydrogens is 281 g/mol. The minimum Gasteiger partial charge on any atom is -0.495 e. The number of benzene rings is 2. The van der Waals surface area contributed by atoms with Crippen LogP contribution >= 0.6 is 0 Å². The molecule has 0 spiro atoms. The summed E-state index contributed by atoms with van der Waals surface area (Å²) in [6.07, 6.45) is 0. The smallest absolute Gasteiger partial charge is 0.262 e. The van der Waals surface area contributed by atoms with Crippen molar-refractivity contribution < 1.29 is 17.5 Å². The molecular formula is C14H14FNO3S. The molecule has 0 heterocycles. The summed E-state index contributed by atoms with van der Waals surface area (Å²) in [6.45, 7) is 1.79. The highest BCUT2D eigenvalue weighted by atomic mass is 32.2. The van der Waals surface area contributed by atoms with Crippen LogP contribution < -0.4 is 9.46 Å². The lowest BCUT2D eigenvalue weighted by atomic mass is 10.2. The summed E-state index contributed by atoms with van der Waals surface area (Å²) in [5, 5.41) is 0. The minimum atomic E-state index is -3.78. The van der Waals surface area contributed by atoms with E-state index in [0.29, 0.717) is 0 Å². The number of ether oxygens (including phenoxy) is 1. The standard InChI is InChI=1S/C14H14FNO3S/c1-10-4-3-5-12(8-10)20(17,18)16-13-9-11(15)6-7-14(13)19-2/h3-9,16H,1-2H3. The second-order valence-corrected chi connectivity index (χ2v) is 5.95. The summed E-state index contributed by atoms with van der Waals surface area (Å²) in [4.78, 5) is 0.115. The molecule has 0 fully saturated rings. The van der Waals surface area contributed by atoms with Crippen molar-refractivity contribution in [3.8, 4) is 5.75 Å². The number of hydrogen-bond donors (Lipinski definition) is 1. The summed E-state index contributed by atoms with van der Waals surface area (Å²) in [7, 11) is -2.40. The summed E-state index contributed by atoms with van der Waals surface area (Å²) in [5.41, 5.74) is 0.882. The maximum atomic E-state index is 13.2. The van der Waals surface area contributed by atoms with Gasteiger partial charge in [0, 0.05) is 6.07 Å². The molecule has 0 radical (unpaired) electrons. The first-order chi connectivity index (χ1) is 9.42. The number of rotatable bonds is 4. The Kier molecular flexibility index (Phi) is 3.94. The quantitative estimate of drug-likeness (QED) is 0.943. The normalized spacial score (nSPS) is 11.2. The molecule has 2 aromatic rings. The summed E-state index contributed by atoms with van der Waals surface area (Å²) < 4.78 is 45.1. The molecule has 1 N–H and O–H groups in total. The van der Waals surface area contributed by atoms with Gasteiger partial charge in [0.15, 0.2) is 0 Å². The maximum Gasteiger partial charge on any atom is 0.262 e. The van der Waals surface area contributed by atoms with Crippen LogP contribution in [0.3, 0.4) is 0 Å². The third kappa shape index (κ3) is 3.08. The summed E-state index contributed by atoms with van der Waals surface area (Å²) in [6, 6.07) is 10.1. The van der Waals surface area contributed by atoms with Crippen LogP contribution in [0.25, 0.3) is 0 Å². The van der Waals surface area contributed by atoms with Crippen LogP contribution in [0.15, 0.2) is 47.4 Å². The van der Waals surface area contributed by atoms with Crippen molar-refractivity contribution in [2.24, 2.45) is 0 Å². The van der Waals surface area contributed by atoms with Crippen LogP contribution in [-0.4, -0.2) is 15.5 Å². The number of aryl methyl sites for hydroxylation is 1. The molecule has 2 rings (SSSR count). The van der Waals surface area contributed by atoms with E-state index in [-0.39, 0.29) is 16.3 Å². The van der Waals surface area contributed by atoms with E-state index in [2.05, 4.69) is 4.72 Å². The molecule has 0 unspecified atom stereocenters. The fourth-order valence-electron chi connectivity index (χ4n) is 1.75. The average Bonchev–Trinajstić information content (AvgIpc) is 2.38. The topological polar surface area (TPSA) is 55.4 Å². The number of methoxy groups -OCH3 is 1. The lowest BCUT2D eigenvalue weighted by Gasteiger charge is -2.12. The second-order valence-electron chi connectivity index (χ2n) is 4.27. The third-order valence-corrected chi connectivity index (χ3v) is 4.07. The molecule has 0 aliphatic carbocycles. The first kappa shape index (κ1) is 14.3. The number of nitrogens with one attached hydrogen (secondary N) is 1. The van der Waals surface area contributed by atoms with Gasteiger partial charge < -0.3 is 4.74 Å². The first-order valence-electron chi connectivity index (χ1n) is 5.85. The molecule has 0 atom stereocenters. The van der Waals surface area contributed by atoms with Crippen molar-refractivity contribution in [1.82, 2.24) is 0 Å². The van der Waals surface area contributed by atoms with Gasteiger partial charge in [-0.25, -0.2) is 12.8 Å². The van der Waals surface area contributed by atoms with Gasteiger partial charge in [-0.2, -0.15) is 0 Å². The van der Waals surface area contributed by atoms with Gasteiger partial charge in [0.1, 0.15) is 11.6 Å². The van der Waals surface area contributed by atoms with Gasteiger partial charge in [-0.05, 0) is 36.8 Å². The van der Waals surface area contributed by atoms with E-state index in [1.165, 1.54) is 31.4 Å². The zero-order chi connectivity index (χ0) is 14.8. The largest absolute Gasteiger partial charge is 0.495 e. The number of hydrogen-bond acceptors (Lipinski definition) is 3. The Morgan fingerprint density at radius 1 is 1.15 bits per heavy atom. The monoisotopic (exact) mass is 295 g/mol. The maximum absolute atomic E-state index is 13.2. The molecule has 0 saturated heterocycles. The van der Waals surface area contributed by atoms with Crippen LogP contribution in [0.2, 0.25) is 0 Å². The molecule has 0 aliphatic heterocycles. The molecule has 0 amide bonds. The van der Waals surface area contributed by atoms with Crippen molar-refractivity contribution in [3.63, 3.8) is 0 Å². The molecule has 6 heteroatoms.